The molecule has 1 aliphatic carbocycles. The van der Waals surface area contributed by atoms with Gasteiger partial charge in [0.05, 0.1) is 6.61 Å². The van der Waals surface area contributed by atoms with Crippen LogP contribution in [0.5, 0.6) is 5.75 Å². The molecule has 4 rings (SSSR count). The van der Waals surface area contributed by atoms with Crippen LogP contribution in [0.3, 0.4) is 0 Å². The van der Waals surface area contributed by atoms with E-state index in [1.165, 1.54) is 6.07 Å². The number of hydrogen-bond donors (Lipinski definition) is 0. The number of rotatable bonds is 4. The van der Waals surface area contributed by atoms with E-state index < -0.39 is 0 Å². The molecule has 2 aromatic rings. The highest BCUT2D eigenvalue weighted by Crippen LogP contribution is 2.33. The fourth-order valence-electron chi connectivity index (χ4n) is 3.03. The van der Waals surface area contributed by atoms with Crippen LogP contribution in [0.15, 0.2) is 51.7 Å². The summed E-state index contributed by atoms with van der Waals surface area (Å²) in [4.78, 5) is 19.3. The molecule has 0 unspecified atom stereocenters. The molecule has 0 atom stereocenters. The van der Waals surface area contributed by atoms with Gasteiger partial charge in [-0.3, -0.25) is 4.79 Å². The van der Waals surface area contributed by atoms with Crippen molar-refractivity contribution >= 4 is 27.6 Å². The standard InChI is InChI=1S/C21H20N2O3/c1-4-9-25-14-6-7-15-16(11-14)21-20(12-18(15)24)26-19-10-13(23(2)3)5-8-17(19)22-21/h5-8,10-12H,4,9H2,1-3H3. The van der Waals surface area contributed by atoms with E-state index >= 15 is 0 Å². The van der Waals surface area contributed by atoms with Crippen molar-refractivity contribution in [1.82, 2.24) is 4.98 Å². The molecule has 132 valence electrons. The van der Waals surface area contributed by atoms with Gasteiger partial charge in [0.15, 0.2) is 16.8 Å². The molecule has 1 heterocycles. The zero-order valence-corrected chi connectivity index (χ0v) is 15.1. The molecule has 0 N–H and O–H groups in total. The number of benzene rings is 3. The van der Waals surface area contributed by atoms with Crippen LogP contribution < -0.4 is 15.1 Å². The van der Waals surface area contributed by atoms with E-state index in [9.17, 15) is 4.79 Å². The highest BCUT2D eigenvalue weighted by molar-refractivity contribution is 5.97. The van der Waals surface area contributed by atoms with Crippen LogP contribution in [0.2, 0.25) is 0 Å². The molecule has 5 nitrogen and oxygen atoms in total. The number of hydrogen-bond acceptors (Lipinski definition) is 5. The largest absolute Gasteiger partial charge is 0.494 e. The zero-order chi connectivity index (χ0) is 18.3. The first-order chi connectivity index (χ1) is 12.6. The average molecular weight is 348 g/mol. The second kappa shape index (κ2) is 6.33. The van der Waals surface area contributed by atoms with Gasteiger partial charge < -0.3 is 14.1 Å². The maximum Gasteiger partial charge on any atom is 0.190 e. The van der Waals surface area contributed by atoms with Gasteiger partial charge in [-0.05, 0) is 36.8 Å². The smallest absolute Gasteiger partial charge is 0.190 e. The second-order valence-electron chi connectivity index (χ2n) is 6.54. The van der Waals surface area contributed by atoms with E-state index in [-0.39, 0.29) is 5.43 Å². The lowest BCUT2D eigenvalue weighted by Gasteiger charge is -2.14. The highest BCUT2D eigenvalue weighted by Gasteiger charge is 2.16. The summed E-state index contributed by atoms with van der Waals surface area (Å²) in [6.07, 6.45) is 0.923. The predicted molar refractivity (Wildman–Crippen MR) is 105 cm³/mol. The molecule has 0 saturated carbocycles. The lowest BCUT2D eigenvalue weighted by molar-refractivity contribution is 0.318. The van der Waals surface area contributed by atoms with Gasteiger partial charge in [0.2, 0.25) is 0 Å². The number of fused-ring (bicyclic) bond motifs is 4. The van der Waals surface area contributed by atoms with Crippen LogP contribution in [0.1, 0.15) is 13.3 Å². The van der Waals surface area contributed by atoms with Gasteiger partial charge in [-0.25, -0.2) is 4.98 Å². The Kier molecular flexibility index (Phi) is 3.99. The molecule has 26 heavy (non-hydrogen) atoms. The SMILES string of the molecule is CCCOc1ccc2c(=O)cc3oc4cc(N(C)C)ccc4nc-3c2c1. The summed E-state index contributed by atoms with van der Waals surface area (Å²) in [6.45, 7) is 2.69. The van der Waals surface area contributed by atoms with Crippen molar-refractivity contribution < 1.29 is 9.15 Å². The summed E-state index contributed by atoms with van der Waals surface area (Å²) >= 11 is 0. The quantitative estimate of drug-likeness (QED) is 0.406. The number of aromatic nitrogens is 1. The van der Waals surface area contributed by atoms with E-state index in [0.717, 1.165) is 28.8 Å². The molecular formula is C21H20N2O3. The molecule has 0 saturated heterocycles. The first-order valence-electron chi connectivity index (χ1n) is 8.68. The molecule has 0 spiro atoms. The molecule has 2 aliphatic rings. The van der Waals surface area contributed by atoms with E-state index in [2.05, 4.69) is 6.92 Å². The number of nitrogens with zero attached hydrogens (tertiary/aromatic N) is 2. The minimum absolute atomic E-state index is 0.0804. The Hall–Kier alpha value is -3.08. The van der Waals surface area contributed by atoms with Crippen molar-refractivity contribution in [2.45, 2.75) is 13.3 Å². The van der Waals surface area contributed by atoms with Gasteiger partial charge in [-0.1, -0.05) is 6.92 Å². The van der Waals surface area contributed by atoms with Gasteiger partial charge in [-0.15, -0.1) is 0 Å². The van der Waals surface area contributed by atoms with Gasteiger partial charge in [-0.2, -0.15) is 0 Å². The van der Waals surface area contributed by atoms with E-state index in [4.69, 9.17) is 14.1 Å². The zero-order valence-electron chi connectivity index (χ0n) is 15.1. The van der Waals surface area contributed by atoms with Crippen LogP contribution in [0.4, 0.5) is 5.69 Å². The Morgan fingerprint density at radius 1 is 1.08 bits per heavy atom. The van der Waals surface area contributed by atoms with Gasteiger partial charge in [0.1, 0.15) is 17.0 Å². The summed E-state index contributed by atoms with van der Waals surface area (Å²) in [5.74, 6) is 1.22. The summed E-state index contributed by atoms with van der Waals surface area (Å²) in [5, 5.41) is 1.37. The Bertz CT molecular complexity index is 1130. The van der Waals surface area contributed by atoms with Gasteiger partial charge in [0.25, 0.3) is 0 Å². The van der Waals surface area contributed by atoms with E-state index in [0.29, 0.717) is 29.0 Å². The molecule has 0 amide bonds. The molecule has 0 radical (unpaired) electrons. The molecule has 0 fully saturated rings. The second-order valence-corrected chi connectivity index (χ2v) is 6.54. The van der Waals surface area contributed by atoms with Crippen molar-refractivity contribution in [1.29, 1.82) is 0 Å². The maximum atomic E-state index is 12.5. The summed E-state index contributed by atoms with van der Waals surface area (Å²) in [7, 11) is 3.94. The first kappa shape index (κ1) is 16.4. The normalized spacial score (nSPS) is 11.3. The number of ether oxygens (including phenoxy) is 1. The molecular weight excluding hydrogens is 328 g/mol. The lowest BCUT2D eigenvalue weighted by Crippen LogP contribution is -2.08. The van der Waals surface area contributed by atoms with Gasteiger partial charge >= 0.3 is 0 Å². The summed E-state index contributed by atoms with van der Waals surface area (Å²) < 4.78 is 11.7. The average Bonchev–Trinajstić information content (AvgIpc) is 2.64. The van der Waals surface area contributed by atoms with Crippen LogP contribution in [0.25, 0.3) is 33.3 Å². The minimum atomic E-state index is -0.0804. The van der Waals surface area contributed by atoms with Crippen molar-refractivity contribution in [3.63, 3.8) is 0 Å². The summed E-state index contributed by atoms with van der Waals surface area (Å²) in [5.41, 5.74) is 3.01. The molecule has 2 aromatic carbocycles. The Morgan fingerprint density at radius 3 is 2.69 bits per heavy atom. The Morgan fingerprint density at radius 2 is 1.92 bits per heavy atom. The monoisotopic (exact) mass is 348 g/mol. The minimum Gasteiger partial charge on any atom is -0.494 e. The third-order valence-corrected chi connectivity index (χ3v) is 4.39. The maximum absolute atomic E-state index is 12.5. The van der Waals surface area contributed by atoms with Crippen molar-refractivity contribution in [2.75, 3.05) is 25.6 Å². The third kappa shape index (κ3) is 2.75. The number of anilines is 1. The Labute approximate surface area is 151 Å². The fourth-order valence-corrected chi connectivity index (χ4v) is 3.03. The first-order valence-corrected chi connectivity index (χ1v) is 8.68. The molecule has 0 aromatic heterocycles. The summed E-state index contributed by atoms with van der Waals surface area (Å²) in [6, 6.07) is 12.9. The van der Waals surface area contributed by atoms with Crippen LogP contribution in [-0.2, 0) is 0 Å². The molecule has 0 bridgehead atoms. The van der Waals surface area contributed by atoms with E-state index in [1.54, 1.807) is 6.07 Å². The van der Waals surface area contributed by atoms with Gasteiger partial charge in [0, 0.05) is 42.7 Å². The highest BCUT2D eigenvalue weighted by atomic mass is 16.5. The fraction of sp³-hybridized carbons (Fsp3) is 0.238. The van der Waals surface area contributed by atoms with Crippen molar-refractivity contribution in [3.05, 3.63) is 52.7 Å². The Balaban J connectivity index is 1.99. The lowest BCUT2D eigenvalue weighted by atomic mass is 10.0. The van der Waals surface area contributed by atoms with Crippen LogP contribution in [-0.4, -0.2) is 25.7 Å². The van der Waals surface area contributed by atoms with E-state index in [1.807, 2.05) is 49.3 Å². The molecule has 1 aliphatic heterocycles. The molecule has 5 heteroatoms. The van der Waals surface area contributed by atoms with Crippen LogP contribution >= 0.6 is 0 Å². The topological polar surface area (TPSA) is 55.6 Å². The van der Waals surface area contributed by atoms with Crippen molar-refractivity contribution in [3.8, 4) is 17.2 Å². The van der Waals surface area contributed by atoms with Crippen LogP contribution in [0, 0.1) is 0 Å². The third-order valence-electron chi connectivity index (χ3n) is 4.39. The van der Waals surface area contributed by atoms with Crippen molar-refractivity contribution in [2.24, 2.45) is 0 Å². The predicted octanol–water partition coefficient (Wildman–Crippen LogP) is 4.30.